The Hall–Kier alpha value is -1.10. The predicted octanol–water partition coefficient (Wildman–Crippen LogP) is 1.26. The van der Waals surface area contributed by atoms with Gasteiger partial charge >= 0.3 is 5.97 Å². The maximum atomic E-state index is 11.3. The van der Waals surface area contributed by atoms with E-state index in [0.29, 0.717) is 13.0 Å². The molecule has 0 fully saturated rings. The van der Waals surface area contributed by atoms with Gasteiger partial charge in [0, 0.05) is 13.5 Å². The minimum atomic E-state index is -0.412. The SMILES string of the molecule is CCCCCCC(=O)NCCOC(=O)COC. The summed E-state index contributed by atoms with van der Waals surface area (Å²) in [4.78, 5) is 22.2. The van der Waals surface area contributed by atoms with E-state index in [0.717, 1.165) is 19.3 Å². The molecule has 0 heterocycles. The van der Waals surface area contributed by atoms with Crippen LogP contribution in [0.5, 0.6) is 0 Å². The number of carbonyl (C=O) groups excluding carboxylic acids is 2. The Morgan fingerprint density at radius 2 is 1.94 bits per heavy atom. The van der Waals surface area contributed by atoms with Gasteiger partial charge in [0.2, 0.25) is 5.91 Å². The predicted molar refractivity (Wildman–Crippen MR) is 64.6 cm³/mol. The average molecular weight is 245 g/mol. The molecule has 5 heteroatoms. The molecule has 0 spiro atoms. The van der Waals surface area contributed by atoms with Gasteiger partial charge in [0.05, 0.1) is 6.54 Å². The van der Waals surface area contributed by atoms with Crippen molar-refractivity contribution in [3.63, 3.8) is 0 Å². The molecule has 1 N–H and O–H groups in total. The van der Waals surface area contributed by atoms with Crippen LogP contribution in [0.25, 0.3) is 0 Å². The number of amides is 1. The van der Waals surface area contributed by atoms with Gasteiger partial charge in [-0.1, -0.05) is 26.2 Å². The number of carbonyl (C=O) groups is 2. The first-order valence-electron chi connectivity index (χ1n) is 6.12. The van der Waals surface area contributed by atoms with E-state index in [1.807, 2.05) is 0 Å². The Morgan fingerprint density at radius 1 is 1.18 bits per heavy atom. The topological polar surface area (TPSA) is 64.6 Å². The van der Waals surface area contributed by atoms with Crippen LogP contribution in [-0.4, -0.2) is 38.7 Å². The zero-order valence-corrected chi connectivity index (χ0v) is 10.8. The van der Waals surface area contributed by atoms with Crippen molar-refractivity contribution >= 4 is 11.9 Å². The Kier molecular flexibility index (Phi) is 10.7. The van der Waals surface area contributed by atoms with E-state index < -0.39 is 5.97 Å². The van der Waals surface area contributed by atoms with Crippen molar-refractivity contribution < 1.29 is 19.1 Å². The molecule has 0 rings (SSSR count). The van der Waals surface area contributed by atoms with Crippen LogP contribution in [0.3, 0.4) is 0 Å². The van der Waals surface area contributed by atoms with Crippen molar-refractivity contribution in [2.45, 2.75) is 39.0 Å². The second-order valence-corrected chi connectivity index (χ2v) is 3.81. The molecule has 17 heavy (non-hydrogen) atoms. The largest absolute Gasteiger partial charge is 0.462 e. The van der Waals surface area contributed by atoms with Crippen LogP contribution in [0.2, 0.25) is 0 Å². The second kappa shape index (κ2) is 11.4. The van der Waals surface area contributed by atoms with Crippen molar-refractivity contribution in [1.82, 2.24) is 5.32 Å². The van der Waals surface area contributed by atoms with E-state index in [-0.39, 0.29) is 19.1 Å². The standard InChI is InChI=1S/C12H23NO4/c1-3-4-5-6-7-11(14)13-8-9-17-12(15)10-16-2/h3-10H2,1-2H3,(H,13,14). The summed E-state index contributed by atoms with van der Waals surface area (Å²) in [6, 6.07) is 0. The van der Waals surface area contributed by atoms with Crippen LogP contribution < -0.4 is 5.32 Å². The van der Waals surface area contributed by atoms with Crippen molar-refractivity contribution in [3.8, 4) is 0 Å². The molecule has 0 aromatic rings. The first-order chi connectivity index (χ1) is 8.20. The van der Waals surface area contributed by atoms with Gasteiger partial charge in [-0.25, -0.2) is 4.79 Å². The van der Waals surface area contributed by atoms with Gasteiger partial charge in [0.25, 0.3) is 0 Å². The highest BCUT2D eigenvalue weighted by Gasteiger charge is 2.02. The van der Waals surface area contributed by atoms with Crippen molar-refractivity contribution in [1.29, 1.82) is 0 Å². The van der Waals surface area contributed by atoms with Gasteiger partial charge in [0.1, 0.15) is 13.2 Å². The van der Waals surface area contributed by atoms with E-state index in [1.54, 1.807) is 0 Å². The molecule has 100 valence electrons. The number of esters is 1. The lowest BCUT2D eigenvalue weighted by atomic mass is 10.1. The lowest BCUT2D eigenvalue weighted by molar-refractivity contribution is -0.148. The zero-order valence-electron chi connectivity index (χ0n) is 10.8. The second-order valence-electron chi connectivity index (χ2n) is 3.81. The summed E-state index contributed by atoms with van der Waals surface area (Å²) < 4.78 is 9.39. The van der Waals surface area contributed by atoms with Crippen LogP contribution >= 0.6 is 0 Å². The fourth-order valence-electron chi connectivity index (χ4n) is 1.32. The van der Waals surface area contributed by atoms with Crippen LogP contribution in [0.4, 0.5) is 0 Å². The van der Waals surface area contributed by atoms with Gasteiger partial charge in [-0.3, -0.25) is 4.79 Å². The Balaban J connectivity index is 3.30. The fraction of sp³-hybridized carbons (Fsp3) is 0.833. The molecular weight excluding hydrogens is 222 g/mol. The van der Waals surface area contributed by atoms with E-state index in [9.17, 15) is 9.59 Å². The zero-order chi connectivity index (χ0) is 12.9. The number of rotatable bonds is 10. The van der Waals surface area contributed by atoms with Crippen LogP contribution in [0.15, 0.2) is 0 Å². The summed E-state index contributed by atoms with van der Waals surface area (Å²) in [5, 5.41) is 2.70. The lowest BCUT2D eigenvalue weighted by Crippen LogP contribution is -2.28. The van der Waals surface area contributed by atoms with E-state index in [4.69, 9.17) is 4.74 Å². The van der Waals surface area contributed by atoms with Crippen molar-refractivity contribution in [3.05, 3.63) is 0 Å². The quantitative estimate of drug-likeness (QED) is 0.465. The summed E-state index contributed by atoms with van der Waals surface area (Å²) in [5.41, 5.74) is 0. The molecule has 0 aliphatic rings. The smallest absolute Gasteiger partial charge is 0.332 e. The van der Waals surface area contributed by atoms with Gasteiger partial charge in [0.15, 0.2) is 0 Å². The summed E-state index contributed by atoms with van der Waals surface area (Å²) in [7, 11) is 1.43. The molecule has 0 saturated carbocycles. The summed E-state index contributed by atoms with van der Waals surface area (Å²) >= 11 is 0. The summed E-state index contributed by atoms with van der Waals surface area (Å²) in [6.45, 7) is 2.64. The van der Waals surface area contributed by atoms with Crippen LogP contribution in [0, 0.1) is 0 Å². The van der Waals surface area contributed by atoms with Gasteiger partial charge < -0.3 is 14.8 Å². The molecule has 0 saturated heterocycles. The highest BCUT2D eigenvalue weighted by atomic mass is 16.6. The molecule has 5 nitrogen and oxygen atoms in total. The molecule has 0 aliphatic carbocycles. The number of unbranched alkanes of at least 4 members (excludes halogenated alkanes) is 3. The van der Waals surface area contributed by atoms with Gasteiger partial charge in [-0.15, -0.1) is 0 Å². The Bertz CT molecular complexity index is 219. The Morgan fingerprint density at radius 3 is 2.59 bits per heavy atom. The molecule has 0 atom stereocenters. The minimum absolute atomic E-state index is 0.0175. The number of hydrogen-bond donors (Lipinski definition) is 1. The van der Waals surface area contributed by atoms with E-state index in [2.05, 4.69) is 17.0 Å². The maximum Gasteiger partial charge on any atom is 0.332 e. The lowest BCUT2D eigenvalue weighted by Gasteiger charge is -2.06. The maximum absolute atomic E-state index is 11.3. The Labute approximate surface area is 103 Å². The van der Waals surface area contributed by atoms with Crippen LogP contribution in [0.1, 0.15) is 39.0 Å². The van der Waals surface area contributed by atoms with Crippen LogP contribution in [-0.2, 0) is 19.1 Å². The number of methoxy groups -OCH3 is 1. The molecular formula is C12H23NO4. The number of nitrogens with one attached hydrogen (secondary N) is 1. The van der Waals surface area contributed by atoms with Gasteiger partial charge in [-0.2, -0.15) is 0 Å². The molecule has 1 amide bonds. The van der Waals surface area contributed by atoms with Crippen molar-refractivity contribution in [2.24, 2.45) is 0 Å². The van der Waals surface area contributed by atoms with Gasteiger partial charge in [-0.05, 0) is 6.42 Å². The summed E-state index contributed by atoms with van der Waals surface area (Å²) in [5.74, 6) is -0.395. The average Bonchev–Trinajstić information content (AvgIpc) is 2.31. The molecule has 0 unspecified atom stereocenters. The number of hydrogen-bond acceptors (Lipinski definition) is 4. The molecule has 0 radical (unpaired) electrons. The third kappa shape index (κ3) is 11.2. The van der Waals surface area contributed by atoms with Crippen molar-refractivity contribution in [2.75, 3.05) is 26.9 Å². The molecule has 0 aliphatic heterocycles. The van der Waals surface area contributed by atoms with E-state index >= 15 is 0 Å². The third-order valence-corrected chi connectivity index (χ3v) is 2.21. The van der Waals surface area contributed by atoms with E-state index in [1.165, 1.54) is 13.5 Å². The normalized spacial score (nSPS) is 10.0. The minimum Gasteiger partial charge on any atom is -0.462 e. The highest BCUT2D eigenvalue weighted by Crippen LogP contribution is 2.01. The summed E-state index contributed by atoms with van der Waals surface area (Å²) in [6.07, 6.45) is 4.89. The molecule has 0 aromatic heterocycles. The first-order valence-corrected chi connectivity index (χ1v) is 6.12. The fourth-order valence-corrected chi connectivity index (χ4v) is 1.32. The number of ether oxygens (including phenoxy) is 2. The molecule has 0 aromatic carbocycles. The first kappa shape index (κ1) is 15.9. The highest BCUT2D eigenvalue weighted by molar-refractivity contribution is 5.75. The monoisotopic (exact) mass is 245 g/mol. The third-order valence-electron chi connectivity index (χ3n) is 2.21. The molecule has 0 bridgehead atoms.